The molecule has 2 heterocycles. The SMILES string of the molecule is CCOC(=O)CSc1nnc(NC(=O)c2n[nH]c(C(C)C)c2Br)s1. The minimum atomic E-state index is -0.386. The van der Waals surface area contributed by atoms with E-state index < -0.39 is 0 Å². The molecule has 11 heteroatoms. The molecule has 8 nitrogen and oxygen atoms in total. The minimum Gasteiger partial charge on any atom is -0.465 e. The number of halogens is 1. The number of thioether (sulfide) groups is 1. The summed E-state index contributed by atoms with van der Waals surface area (Å²) in [5.74, 6) is -0.340. The normalized spacial score (nSPS) is 10.9. The summed E-state index contributed by atoms with van der Waals surface area (Å²) in [5, 5.41) is 17.7. The summed E-state index contributed by atoms with van der Waals surface area (Å²) in [7, 11) is 0. The number of aromatic nitrogens is 4. The van der Waals surface area contributed by atoms with E-state index in [9.17, 15) is 9.59 Å². The molecule has 1 amide bonds. The number of amides is 1. The Balaban J connectivity index is 1.97. The van der Waals surface area contributed by atoms with Gasteiger partial charge >= 0.3 is 5.97 Å². The third-order valence-electron chi connectivity index (χ3n) is 2.77. The lowest BCUT2D eigenvalue weighted by Gasteiger charge is -2.01. The van der Waals surface area contributed by atoms with Crippen molar-refractivity contribution in [3.63, 3.8) is 0 Å². The Bertz CT molecular complexity index is 731. The van der Waals surface area contributed by atoms with Gasteiger partial charge in [-0.25, -0.2) is 0 Å². The van der Waals surface area contributed by atoms with Crippen LogP contribution in [0.2, 0.25) is 0 Å². The molecular weight excluding hydrogens is 418 g/mol. The Morgan fingerprint density at radius 2 is 2.17 bits per heavy atom. The molecule has 2 rings (SSSR count). The molecule has 2 aromatic rings. The quantitative estimate of drug-likeness (QED) is 0.392. The molecule has 0 atom stereocenters. The van der Waals surface area contributed by atoms with E-state index >= 15 is 0 Å². The smallest absolute Gasteiger partial charge is 0.316 e. The summed E-state index contributed by atoms with van der Waals surface area (Å²) >= 11 is 5.78. The predicted octanol–water partition coefficient (Wildman–Crippen LogP) is 3.05. The van der Waals surface area contributed by atoms with E-state index in [4.69, 9.17) is 4.74 Å². The standard InChI is InChI=1S/C13H16BrN5O3S2/c1-4-22-7(20)5-23-13-19-18-12(24-13)15-11(21)10-8(14)9(6(2)3)16-17-10/h6H,4-5H2,1-3H3,(H,16,17)(H,15,18,21). The maximum absolute atomic E-state index is 12.3. The molecule has 130 valence electrons. The topological polar surface area (TPSA) is 110 Å². The van der Waals surface area contributed by atoms with Crippen molar-refractivity contribution < 1.29 is 14.3 Å². The fraction of sp³-hybridized carbons (Fsp3) is 0.462. The summed E-state index contributed by atoms with van der Waals surface area (Å²) in [5.41, 5.74) is 1.11. The number of nitrogens with zero attached hydrogens (tertiary/aromatic N) is 3. The van der Waals surface area contributed by atoms with Gasteiger partial charge in [0.2, 0.25) is 5.13 Å². The van der Waals surface area contributed by atoms with Crippen LogP contribution in [0.15, 0.2) is 8.81 Å². The molecule has 0 radical (unpaired) electrons. The van der Waals surface area contributed by atoms with Crippen LogP contribution in [0.4, 0.5) is 5.13 Å². The molecule has 0 saturated heterocycles. The second-order valence-electron chi connectivity index (χ2n) is 4.88. The lowest BCUT2D eigenvalue weighted by atomic mass is 10.1. The van der Waals surface area contributed by atoms with E-state index in [2.05, 4.69) is 41.6 Å². The zero-order valence-electron chi connectivity index (χ0n) is 13.3. The van der Waals surface area contributed by atoms with Crippen molar-refractivity contribution >= 4 is 56.0 Å². The minimum absolute atomic E-state index is 0.152. The van der Waals surface area contributed by atoms with Crippen LogP contribution >= 0.6 is 39.0 Å². The second-order valence-corrected chi connectivity index (χ2v) is 7.87. The Kier molecular flexibility index (Phi) is 6.75. The molecule has 0 bridgehead atoms. The first-order valence-electron chi connectivity index (χ1n) is 7.09. The largest absolute Gasteiger partial charge is 0.465 e. The second kappa shape index (κ2) is 8.58. The van der Waals surface area contributed by atoms with Crippen molar-refractivity contribution in [1.29, 1.82) is 0 Å². The van der Waals surface area contributed by atoms with Crippen molar-refractivity contribution in [3.05, 3.63) is 15.9 Å². The van der Waals surface area contributed by atoms with E-state index in [1.54, 1.807) is 6.92 Å². The lowest BCUT2D eigenvalue weighted by molar-refractivity contribution is -0.139. The molecule has 0 fully saturated rings. The van der Waals surface area contributed by atoms with Gasteiger partial charge < -0.3 is 4.74 Å². The van der Waals surface area contributed by atoms with E-state index in [0.717, 1.165) is 5.69 Å². The lowest BCUT2D eigenvalue weighted by Crippen LogP contribution is -2.12. The number of ether oxygens (including phenoxy) is 1. The molecule has 0 aromatic carbocycles. The molecule has 2 N–H and O–H groups in total. The summed E-state index contributed by atoms with van der Waals surface area (Å²) in [6, 6.07) is 0. The zero-order valence-corrected chi connectivity index (χ0v) is 16.5. The van der Waals surface area contributed by atoms with Gasteiger partial charge in [-0.1, -0.05) is 36.9 Å². The van der Waals surface area contributed by atoms with Crippen molar-refractivity contribution in [3.8, 4) is 0 Å². The van der Waals surface area contributed by atoms with Crippen molar-refractivity contribution in [2.45, 2.75) is 31.0 Å². The Morgan fingerprint density at radius 1 is 1.42 bits per heavy atom. The first-order chi connectivity index (χ1) is 11.4. The van der Waals surface area contributed by atoms with Crippen LogP contribution in [0.25, 0.3) is 0 Å². The van der Waals surface area contributed by atoms with Crippen molar-refractivity contribution in [1.82, 2.24) is 20.4 Å². The number of rotatable bonds is 7. The average molecular weight is 434 g/mol. The predicted molar refractivity (Wildman–Crippen MR) is 95.6 cm³/mol. The summed E-state index contributed by atoms with van der Waals surface area (Å²) < 4.78 is 6.04. The molecule has 0 aliphatic heterocycles. The van der Waals surface area contributed by atoms with Crippen LogP contribution in [0.3, 0.4) is 0 Å². The molecule has 0 saturated carbocycles. The van der Waals surface area contributed by atoms with Gasteiger partial charge in [0.25, 0.3) is 5.91 Å². The highest BCUT2D eigenvalue weighted by atomic mass is 79.9. The summed E-state index contributed by atoms with van der Waals surface area (Å²) in [6.45, 7) is 6.09. The Morgan fingerprint density at radius 3 is 2.79 bits per heavy atom. The molecule has 24 heavy (non-hydrogen) atoms. The number of carbonyl (C=O) groups is 2. The molecule has 2 aromatic heterocycles. The van der Waals surface area contributed by atoms with Crippen molar-refractivity contribution in [2.24, 2.45) is 0 Å². The third-order valence-corrected chi connectivity index (χ3v) is 5.52. The maximum atomic E-state index is 12.3. The van der Waals surface area contributed by atoms with Crippen LogP contribution in [0, 0.1) is 0 Å². The van der Waals surface area contributed by atoms with Gasteiger partial charge in [0, 0.05) is 0 Å². The average Bonchev–Trinajstić information content (AvgIpc) is 3.12. The molecule has 0 aliphatic rings. The highest BCUT2D eigenvalue weighted by Gasteiger charge is 2.20. The van der Waals surface area contributed by atoms with E-state index in [-0.39, 0.29) is 29.2 Å². The molecular formula is C13H16BrN5O3S2. The number of nitrogens with one attached hydrogen (secondary N) is 2. The fourth-order valence-corrected chi connectivity index (χ4v) is 4.03. The van der Waals surface area contributed by atoms with Crippen molar-refractivity contribution in [2.75, 3.05) is 17.7 Å². The summed E-state index contributed by atoms with van der Waals surface area (Å²) in [6.07, 6.45) is 0. The van der Waals surface area contributed by atoms with E-state index in [0.29, 0.717) is 20.6 Å². The first kappa shape index (κ1) is 18.9. The highest BCUT2D eigenvalue weighted by molar-refractivity contribution is 9.10. The number of hydrogen-bond acceptors (Lipinski definition) is 8. The van der Waals surface area contributed by atoms with Gasteiger partial charge in [-0.05, 0) is 28.8 Å². The first-order valence-corrected chi connectivity index (χ1v) is 9.68. The summed E-state index contributed by atoms with van der Waals surface area (Å²) in [4.78, 5) is 23.6. The number of H-pyrrole nitrogens is 1. The Hall–Kier alpha value is -1.46. The Labute approximate surface area is 155 Å². The number of esters is 1. The fourth-order valence-electron chi connectivity index (χ4n) is 1.67. The van der Waals surface area contributed by atoms with Crippen LogP contribution in [0.1, 0.15) is 42.9 Å². The molecule has 0 unspecified atom stereocenters. The maximum Gasteiger partial charge on any atom is 0.316 e. The highest BCUT2D eigenvalue weighted by Crippen LogP contribution is 2.28. The zero-order chi connectivity index (χ0) is 17.7. The van der Waals surface area contributed by atoms with Gasteiger partial charge in [-0.2, -0.15) is 5.10 Å². The molecule has 0 spiro atoms. The van der Waals surface area contributed by atoms with E-state index in [1.165, 1.54) is 23.1 Å². The number of carbonyl (C=O) groups excluding carboxylic acids is 2. The van der Waals surface area contributed by atoms with Crippen LogP contribution in [0.5, 0.6) is 0 Å². The van der Waals surface area contributed by atoms with Crippen LogP contribution in [-0.2, 0) is 9.53 Å². The molecule has 0 aliphatic carbocycles. The van der Waals surface area contributed by atoms with Crippen LogP contribution in [-0.4, -0.2) is 44.6 Å². The van der Waals surface area contributed by atoms with Crippen LogP contribution < -0.4 is 5.32 Å². The van der Waals surface area contributed by atoms with Gasteiger partial charge in [0.05, 0.1) is 22.5 Å². The van der Waals surface area contributed by atoms with Gasteiger partial charge in [-0.15, -0.1) is 10.2 Å². The monoisotopic (exact) mass is 433 g/mol. The number of aromatic amines is 1. The van der Waals surface area contributed by atoms with Gasteiger partial charge in [0.15, 0.2) is 10.0 Å². The number of hydrogen-bond donors (Lipinski definition) is 2. The van der Waals surface area contributed by atoms with Gasteiger partial charge in [-0.3, -0.25) is 20.0 Å². The third kappa shape index (κ3) is 4.77. The van der Waals surface area contributed by atoms with Gasteiger partial charge in [0.1, 0.15) is 0 Å². The van der Waals surface area contributed by atoms with E-state index in [1.807, 2.05) is 13.8 Å². The number of anilines is 1.